The fraction of sp³-hybridized carbons (Fsp3) is 0.318. The summed E-state index contributed by atoms with van der Waals surface area (Å²) < 4.78 is 1.84. The SMILES string of the molecule is O=c1cc(-c2ccncc2)nc2n1CCC1(CCC1)N2Cc1ccccc1. The van der Waals surface area contributed by atoms with Crippen molar-refractivity contribution in [2.24, 2.45) is 0 Å². The van der Waals surface area contributed by atoms with Crippen molar-refractivity contribution < 1.29 is 0 Å². The topological polar surface area (TPSA) is 51.0 Å². The van der Waals surface area contributed by atoms with Gasteiger partial charge in [0.15, 0.2) is 0 Å². The molecule has 0 atom stereocenters. The summed E-state index contributed by atoms with van der Waals surface area (Å²) in [5, 5.41) is 0. The van der Waals surface area contributed by atoms with E-state index in [-0.39, 0.29) is 11.1 Å². The van der Waals surface area contributed by atoms with Crippen LogP contribution in [0.4, 0.5) is 5.95 Å². The highest BCUT2D eigenvalue weighted by Gasteiger charge is 2.46. The van der Waals surface area contributed by atoms with Gasteiger partial charge in [-0.1, -0.05) is 30.3 Å². The first kappa shape index (κ1) is 16.2. The maximum Gasteiger partial charge on any atom is 0.255 e. The van der Waals surface area contributed by atoms with Crippen molar-refractivity contribution in [1.29, 1.82) is 0 Å². The van der Waals surface area contributed by atoms with E-state index in [4.69, 9.17) is 4.98 Å². The van der Waals surface area contributed by atoms with Crippen molar-refractivity contribution in [3.8, 4) is 11.3 Å². The Morgan fingerprint density at radius 3 is 2.48 bits per heavy atom. The van der Waals surface area contributed by atoms with E-state index >= 15 is 0 Å². The molecule has 136 valence electrons. The number of benzene rings is 1. The molecule has 27 heavy (non-hydrogen) atoms. The molecule has 0 bridgehead atoms. The molecule has 1 spiro atoms. The second-order valence-corrected chi connectivity index (χ2v) is 7.57. The average molecular weight is 358 g/mol. The number of aromatic nitrogens is 3. The predicted octanol–water partition coefficient (Wildman–Crippen LogP) is 3.64. The van der Waals surface area contributed by atoms with Crippen molar-refractivity contribution in [2.75, 3.05) is 4.90 Å². The lowest BCUT2D eigenvalue weighted by Gasteiger charge is -2.54. The monoisotopic (exact) mass is 358 g/mol. The van der Waals surface area contributed by atoms with Crippen LogP contribution in [0.2, 0.25) is 0 Å². The summed E-state index contributed by atoms with van der Waals surface area (Å²) in [6, 6.07) is 15.9. The van der Waals surface area contributed by atoms with Crippen molar-refractivity contribution in [3.63, 3.8) is 0 Å². The molecule has 3 aromatic rings. The Kier molecular flexibility index (Phi) is 3.81. The van der Waals surface area contributed by atoms with Gasteiger partial charge in [-0.3, -0.25) is 14.3 Å². The van der Waals surface area contributed by atoms with Gasteiger partial charge in [0.2, 0.25) is 5.95 Å². The van der Waals surface area contributed by atoms with Crippen LogP contribution in [0.5, 0.6) is 0 Å². The molecule has 1 saturated carbocycles. The molecule has 5 rings (SSSR count). The summed E-state index contributed by atoms with van der Waals surface area (Å²) in [6.45, 7) is 1.54. The molecule has 0 unspecified atom stereocenters. The highest BCUT2D eigenvalue weighted by atomic mass is 16.1. The Balaban J connectivity index is 1.63. The van der Waals surface area contributed by atoms with Crippen LogP contribution in [0.25, 0.3) is 11.3 Å². The lowest BCUT2D eigenvalue weighted by molar-refractivity contribution is 0.177. The van der Waals surface area contributed by atoms with Gasteiger partial charge >= 0.3 is 0 Å². The molecule has 1 fully saturated rings. The normalized spacial score (nSPS) is 17.4. The molecule has 1 aliphatic heterocycles. The van der Waals surface area contributed by atoms with Gasteiger partial charge < -0.3 is 4.90 Å². The third kappa shape index (κ3) is 2.74. The second-order valence-electron chi connectivity index (χ2n) is 7.57. The minimum atomic E-state index is 0.0269. The maximum absolute atomic E-state index is 12.9. The second kappa shape index (κ2) is 6.34. The lowest BCUT2D eigenvalue weighted by Crippen LogP contribution is -2.58. The smallest absolute Gasteiger partial charge is 0.255 e. The van der Waals surface area contributed by atoms with E-state index in [9.17, 15) is 4.79 Å². The van der Waals surface area contributed by atoms with Gasteiger partial charge in [0.1, 0.15) is 0 Å². The highest BCUT2D eigenvalue weighted by Crippen LogP contribution is 2.46. The van der Waals surface area contributed by atoms with Gasteiger partial charge in [-0.25, -0.2) is 4.98 Å². The molecule has 3 heterocycles. The van der Waals surface area contributed by atoms with Crippen molar-refractivity contribution in [3.05, 3.63) is 76.8 Å². The van der Waals surface area contributed by atoms with Crippen LogP contribution in [-0.4, -0.2) is 20.1 Å². The molecule has 0 saturated heterocycles. The van der Waals surface area contributed by atoms with Gasteiger partial charge in [-0.05, 0) is 43.4 Å². The molecule has 0 radical (unpaired) electrons. The Morgan fingerprint density at radius 2 is 1.78 bits per heavy atom. The average Bonchev–Trinajstić information content (AvgIpc) is 2.68. The molecule has 2 aromatic heterocycles. The van der Waals surface area contributed by atoms with E-state index in [1.165, 1.54) is 24.8 Å². The van der Waals surface area contributed by atoms with Crippen molar-refractivity contribution >= 4 is 5.95 Å². The van der Waals surface area contributed by atoms with Gasteiger partial charge in [0.05, 0.1) is 5.69 Å². The Bertz CT molecular complexity index is 1010. The number of hydrogen-bond acceptors (Lipinski definition) is 4. The van der Waals surface area contributed by atoms with Gasteiger partial charge in [0, 0.05) is 42.7 Å². The van der Waals surface area contributed by atoms with Crippen LogP contribution in [0.1, 0.15) is 31.2 Å². The van der Waals surface area contributed by atoms with Gasteiger partial charge in [0.25, 0.3) is 5.56 Å². The Hall–Kier alpha value is -2.95. The highest BCUT2D eigenvalue weighted by molar-refractivity contribution is 5.60. The van der Waals surface area contributed by atoms with E-state index in [0.717, 1.165) is 36.7 Å². The predicted molar refractivity (Wildman–Crippen MR) is 106 cm³/mol. The molecule has 5 nitrogen and oxygen atoms in total. The zero-order chi connectivity index (χ0) is 18.3. The summed E-state index contributed by atoms with van der Waals surface area (Å²) in [5.74, 6) is 0.809. The van der Waals surface area contributed by atoms with Crippen LogP contribution in [0.3, 0.4) is 0 Å². The summed E-state index contributed by atoms with van der Waals surface area (Å²) >= 11 is 0. The number of anilines is 1. The quantitative estimate of drug-likeness (QED) is 0.717. The van der Waals surface area contributed by atoms with E-state index in [1.54, 1.807) is 18.5 Å². The van der Waals surface area contributed by atoms with E-state index < -0.39 is 0 Å². The third-order valence-corrected chi connectivity index (χ3v) is 6.05. The zero-order valence-electron chi connectivity index (χ0n) is 15.2. The lowest BCUT2D eigenvalue weighted by atomic mass is 9.72. The Morgan fingerprint density at radius 1 is 1.00 bits per heavy atom. The molecule has 1 aromatic carbocycles. The van der Waals surface area contributed by atoms with Crippen LogP contribution in [0.15, 0.2) is 65.7 Å². The minimum absolute atomic E-state index is 0.0269. The zero-order valence-corrected chi connectivity index (χ0v) is 15.2. The molecule has 1 aliphatic carbocycles. The molecule has 5 heteroatoms. The number of hydrogen-bond donors (Lipinski definition) is 0. The van der Waals surface area contributed by atoms with Crippen LogP contribution in [0, 0.1) is 0 Å². The summed E-state index contributed by atoms with van der Waals surface area (Å²) in [5.41, 5.74) is 3.08. The van der Waals surface area contributed by atoms with Crippen molar-refractivity contribution in [2.45, 2.75) is 44.3 Å². The first-order chi connectivity index (χ1) is 13.3. The molecule has 0 amide bonds. The first-order valence-corrected chi connectivity index (χ1v) is 9.59. The fourth-order valence-electron chi connectivity index (χ4n) is 4.36. The molecule has 0 N–H and O–H groups in total. The van der Waals surface area contributed by atoms with Crippen LogP contribution >= 0.6 is 0 Å². The van der Waals surface area contributed by atoms with Gasteiger partial charge in [-0.15, -0.1) is 0 Å². The summed E-state index contributed by atoms with van der Waals surface area (Å²) in [4.78, 5) is 24.3. The third-order valence-electron chi connectivity index (χ3n) is 6.05. The Labute approximate surface area is 158 Å². The molecular formula is C22H22N4O. The van der Waals surface area contributed by atoms with Crippen LogP contribution < -0.4 is 10.5 Å². The number of rotatable bonds is 3. The minimum Gasteiger partial charge on any atom is -0.332 e. The van der Waals surface area contributed by atoms with E-state index in [2.05, 4.69) is 34.1 Å². The number of pyridine rings is 1. The van der Waals surface area contributed by atoms with E-state index in [1.807, 2.05) is 22.8 Å². The first-order valence-electron chi connectivity index (χ1n) is 9.59. The van der Waals surface area contributed by atoms with Crippen LogP contribution in [-0.2, 0) is 13.1 Å². The molecular weight excluding hydrogens is 336 g/mol. The van der Waals surface area contributed by atoms with E-state index in [0.29, 0.717) is 0 Å². The number of fused-ring (bicyclic) bond motifs is 1. The summed E-state index contributed by atoms with van der Waals surface area (Å²) in [6.07, 6.45) is 8.10. The standard InChI is InChI=1S/C22H22N4O/c27-20-15-19(18-7-12-23-13-8-18)24-21-25(20)14-11-22(9-4-10-22)26(21)16-17-5-2-1-3-6-17/h1-3,5-8,12-13,15H,4,9-11,14,16H2. The number of nitrogens with zero attached hydrogens (tertiary/aromatic N) is 4. The summed E-state index contributed by atoms with van der Waals surface area (Å²) in [7, 11) is 0. The largest absolute Gasteiger partial charge is 0.332 e. The molecule has 2 aliphatic rings. The fourth-order valence-corrected chi connectivity index (χ4v) is 4.36. The van der Waals surface area contributed by atoms with Gasteiger partial charge in [-0.2, -0.15) is 0 Å². The van der Waals surface area contributed by atoms with Crippen molar-refractivity contribution in [1.82, 2.24) is 14.5 Å². The maximum atomic E-state index is 12.9.